The number of ether oxygens (including phenoxy) is 1. The van der Waals surface area contributed by atoms with E-state index < -0.39 is 35.1 Å². The zero-order valence-corrected chi connectivity index (χ0v) is 12.7. The number of hydrogen-bond donors (Lipinski definition) is 3. The largest absolute Gasteiger partial charge is 0.506 e. The molecule has 0 saturated heterocycles. The lowest BCUT2D eigenvalue weighted by atomic mass is 9.93. The fourth-order valence-corrected chi connectivity index (χ4v) is 1.89. The average molecular weight is 312 g/mol. The third-order valence-corrected chi connectivity index (χ3v) is 3.22. The molecule has 0 heterocycles. The molecule has 1 atom stereocenters. The van der Waals surface area contributed by atoms with Crippen molar-refractivity contribution in [3.05, 3.63) is 33.9 Å². The van der Waals surface area contributed by atoms with Gasteiger partial charge in [-0.1, -0.05) is 12.1 Å². The van der Waals surface area contributed by atoms with E-state index in [0.717, 1.165) is 0 Å². The van der Waals surface area contributed by atoms with Gasteiger partial charge in [0.1, 0.15) is 23.4 Å². The molecule has 0 fully saturated rings. The van der Waals surface area contributed by atoms with Gasteiger partial charge in [-0.25, -0.2) is 0 Å². The zero-order valence-electron chi connectivity index (χ0n) is 12.7. The van der Waals surface area contributed by atoms with E-state index in [1.165, 1.54) is 39.0 Å². The van der Waals surface area contributed by atoms with E-state index in [1.54, 1.807) is 0 Å². The number of nitrogen functional groups attached to an aromatic ring is 1. The van der Waals surface area contributed by atoms with Crippen LogP contribution in [0.2, 0.25) is 0 Å². The van der Waals surface area contributed by atoms with Crippen molar-refractivity contribution in [3.63, 3.8) is 0 Å². The highest BCUT2D eigenvalue weighted by Crippen LogP contribution is 2.32. The maximum Gasteiger partial charge on any atom is 0.318 e. The fraction of sp³-hybridized carbons (Fsp3) is 0.500. The number of para-hydroxylation sites is 1. The Kier molecular flexibility index (Phi) is 4.98. The molecule has 0 spiro atoms. The summed E-state index contributed by atoms with van der Waals surface area (Å²) in [6.07, 6.45) is 0. The first-order chi connectivity index (χ1) is 9.97. The van der Waals surface area contributed by atoms with Gasteiger partial charge in [0.2, 0.25) is 6.54 Å². The molecule has 0 radical (unpaired) electrons. The lowest BCUT2D eigenvalue weighted by Crippen LogP contribution is -2.37. The molecule has 8 nitrogen and oxygen atoms in total. The number of nitrogens with two attached hydrogens (primary N) is 1. The maximum atomic E-state index is 11.9. The number of nitrogens with zero attached hydrogens (tertiary/aromatic N) is 1. The summed E-state index contributed by atoms with van der Waals surface area (Å²) in [6, 6.07) is 4.35. The normalized spacial score (nSPS) is 14.2. The molecule has 8 heteroatoms. The molecule has 0 aliphatic carbocycles. The molecular formula is C14H20N2O6. The van der Waals surface area contributed by atoms with Crippen molar-refractivity contribution in [2.45, 2.75) is 26.4 Å². The molecule has 0 aromatic heterocycles. The van der Waals surface area contributed by atoms with Gasteiger partial charge < -0.3 is 20.7 Å². The standard InChI is InChI=1S/C14H20N2O6/c1-13(2,7-16(20)21)12(18)22-8-14(3,19)9-5-4-6-10(17)11(9)15/h4-6,17,19H,7-8,15H2,1-3H3. The van der Waals surface area contributed by atoms with Crippen LogP contribution in [0, 0.1) is 15.5 Å². The molecule has 1 unspecified atom stereocenters. The SMILES string of the molecule is CC(C)(C[N+](=O)[O-])C(=O)OCC(C)(O)c1cccc(O)c1N. The summed E-state index contributed by atoms with van der Waals surface area (Å²) in [5.74, 6) is -0.999. The molecule has 1 aromatic carbocycles. The van der Waals surface area contributed by atoms with Crippen molar-refractivity contribution in [3.8, 4) is 5.75 Å². The van der Waals surface area contributed by atoms with Crippen molar-refractivity contribution >= 4 is 11.7 Å². The van der Waals surface area contributed by atoms with Gasteiger partial charge in [-0.3, -0.25) is 14.9 Å². The smallest absolute Gasteiger partial charge is 0.318 e. The first-order valence-electron chi connectivity index (χ1n) is 6.57. The summed E-state index contributed by atoms with van der Waals surface area (Å²) in [5, 5.41) is 30.5. The summed E-state index contributed by atoms with van der Waals surface area (Å²) in [6.45, 7) is 3.11. The van der Waals surface area contributed by atoms with Crippen LogP contribution in [0.5, 0.6) is 5.75 Å². The molecule has 1 aromatic rings. The van der Waals surface area contributed by atoms with Crippen molar-refractivity contribution in [2.24, 2.45) is 5.41 Å². The van der Waals surface area contributed by atoms with Crippen LogP contribution in [0.15, 0.2) is 18.2 Å². The topological polar surface area (TPSA) is 136 Å². The predicted octanol–water partition coefficient (Wildman–Crippen LogP) is 1.03. The van der Waals surface area contributed by atoms with Gasteiger partial charge in [0.15, 0.2) is 0 Å². The van der Waals surface area contributed by atoms with E-state index in [-0.39, 0.29) is 17.0 Å². The number of rotatable bonds is 6. The lowest BCUT2D eigenvalue weighted by Gasteiger charge is -2.27. The molecule has 0 aliphatic rings. The molecule has 1 rings (SSSR count). The Morgan fingerprint density at radius 3 is 2.55 bits per heavy atom. The molecule has 0 saturated carbocycles. The van der Waals surface area contributed by atoms with Gasteiger partial charge in [0.25, 0.3) is 0 Å². The highest BCUT2D eigenvalue weighted by atomic mass is 16.6. The highest BCUT2D eigenvalue weighted by Gasteiger charge is 2.37. The monoisotopic (exact) mass is 312 g/mol. The molecule has 22 heavy (non-hydrogen) atoms. The quantitative estimate of drug-likeness (QED) is 0.234. The van der Waals surface area contributed by atoms with E-state index in [2.05, 4.69) is 0 Å². The van der Waals surface area contributed by atoms with E-state index in [1.807, 2.05) is 0 Å². The second kappa shape index (κ2) is 6.18. The van der Waals surface area contributed by atoms with Crippen LogP contribution in [-0.2, 0) is 15.1 Å². The minimum Gasteiger partial charge on any atom is -0.506 e. The van der Waals surface area contributed by atoms with E-state index in [9.17, 15) is 25.1 Å². The lowest BCUT2D eigenvalue weighted by molar-refractivity contribution is -0.492. The van der Waals surface area contributed by atoms with Gasteiger partial charge in [-0.15, -0.1) is 0 Å². The third kappa shape index (κ3) is 4.08. The number of phenolic OH excluding ortho intramolecular Hbond substituents is 1. The number of anilines is 1. The summed E-state index contributed by atoms with van der Waals surface area (Å²) in [7, 11) is 0. The Balaban J connectivity index is 2.84. The molecule has 4 N–H and O–H groups in total. The van der Waals surface area contributed by atoms with Gasteiger partial charge in [0.05, 0.1) is 5.69 Å². The molecule has 122 valence electrons. The zero-order chi connectivity index (χ0) is 17.1. The predicted molar refractivity (Wildman–Crippen MR) is 78.7 cm³/mol. The van der Waals surface area contributed by atoms with Crippen LogP contribution in [-0.4, -0.2) is 34.3 Å². The minimum atomic E-state index is -1.64. The van der Waals surface area contributed by atoms with Crippen molar-refractivity contribution in [2.75, 3.05) is 18.9 Å². The second-order valence-corrected chi connectivity index (χ2v) is 5.96. The Morgan fingerprint density at radius 2 is 2.00 bits per heavy atom. The van der Waals surface area contributed by atoms with Gasteiger partial charge in [-0.05, 0) is 26.8 Å². The third-order valence-electron chi connectivity index (χ3n) is 3.22. The van der Waals surface area contributed by atoms with Crippen LogP contribution in [0.3, 0.4) is 0 Å². The van der Waals surface area contributed by atoms with E-state index in [4.69, 9.17) is 10.5 Å². The van der Waals surface area contributed by atoms with Crippen molar-refractivity contribution in [1.82, 2.24) is 0 Å². The van der Waals surface area contributed by atoms with Crippen LogP contribution in [0.25, 0.3) is 0 Å². The number of benzene rings is 1. The van der Waals surface area contributed by atoms with E-state index in [0.29, 0.717) is 0 Å². The van der Waals surface area contributed by atoms with Crippen molar-refractivity contribution in [1.29, 1.82) is 0 Å². The Bertz CT molecular complexity index is 583. The summed E-state index contributed by atoms with van der Waals surface area (Å²) in [5.41, 5.74) is 2.92. The summed E-state index contributed by atoms with van der Waals surface area (Å²) >= 11 is 0. The Morgan fingerprint density at radius 1 is 1.41 bits per heavy atom. The Labute approximate surface area is 127 Å². The highest BCUT2D eigenvalue weighted by molar-refractivity contribution is 5.76. The van der Waals surface area contributed by atoms with Crippen LogP contribution in [0.4, 0.5) is 5.69 Å². The number of carbonyl (C=O) groups is 1. The van der Waals surface area contributed by atoms with Gasteiger partial charge in [0, 0.05) is 10.5 Å². The van der Waals surface area contributed by atoms with Crippen LogP contribution >= 0.6 is 0 Å². The Hall–Kier alpha value is -2.35. The number of aromatic hydroxyl groups is 1. The fourth-order valence-electron chi connectivity index (χ4n) is 1.89. The number of phenols is 1. The van der Waals surface area contributed by atoms with Crippen LogP contribution in [0.1, 0.15) is 26.3 Å². The second-order valence-electron chi connectivity index (χ2n) is 5.96. The maximum absolute atomic E-state index is 11.9. The molecule has 0 amide bonds. The average Bonchev–Trinajstić information content (AvgIpc) is 2.37. The number of nitro groups is 1. The number of hydrogen-bond acceptors (Lipinski definition) is 7. The molecular weight excluding hydrogens is 292 g/mol. The van der Waals surface area contributed by atoms with Gasteiger partial charge >= 0.3 is 5.97 Å². The van der Waals surface area contributed by atoms with Crippen molar-refractivity contribution < 1.29 is 24.7 Å². The first kappa shape index (κ1) is 17.7. The summed E-state index contributed by atoms with van der Waals surface area (Å²) < 4.78 is 4.99. The summed E-state index contributed by atoms with van der Waals surface area (Å²) in [4.78, 5) is 21.8. The van der Waals surface area contributed by atoms with E-state index >= 15 is 0 Å². The molecule has 0 aliphatic heterocycles. The van der Waals surface area contributed by atoms with Crippen LogP contribution < -0.4 is 5.73 Å². The van der Waals surface area contributed by atoms with Gasteiger partial charge in [-0.2, -0.15) is 0 Å². The number of aliphatic hydroxyl groups is 1. The number of carbonyl (C=O) groups excluding carboxylic acids is 1. The number of esters is 1. The first-order valence-corrected chi connectivity index (χ1v) is 6.57. The minimum absolute atomic E-state index is 0.0203. The molecule has 0 bridgehead atoms.